The maximum Gasteiger partial charge on any atom is 0.144 e. The van der Waals surface area contributed by atoms with E-state index in [1.807, 2.05) is 25.1 Å². The molecule has 1 N–H and O–H groups in total. The van der Waals surface area contributed by atoms with E-state index in [4.69, 9.17) is 5.26 Å². The Labute approximate surface area is 122 Å². The van der Waals surface area contributed by atoms with Gasteiger partial charge in [0, 0.05) is 16.4 Å². The number of rotatable bonds is 2. The smallest absolute Gasteiger partial charge is 0.144 e. The third-order valence-electron chi connectivity index (χ3n) is 2.43. The van der Waals surface area contributed by atoms with Crippen molar-refractivity contribution in [3.63, 3.8) is 0 Å². The number of aromatic nitrogens is 1. The Kier molecular flexibility index (Phi) is 4.00. The Hall–Kier alpha value is -1.38. The molecule has 0 spiro atoms. The van der Waals surface area contributed by atoms with Gasteiger partial charge < -0.3 is 5.32 Å². The number of halogens is 2. The van der Waals surface area contributed by atoms with Crippen molar-refractivity contribution in [1.82, 2.24) is 4.98 Å². The van der Waals surface area contributed by atoms with Gasteiger partial charge in [-0.3, -0.25) is 0 Å². The van der Waals surface area contributed by atoms with Crippen LogP contribution in [-0.4, -0.2) is 4.98 Å². The summed E-state index contributed by atoms with van der Waals surface area (Å²) in [6.07, 6.45) is 1.72. The van der Waals surface area contributed by atoms with Crippen LogP contribution in [0.1, 0.15) is 11.1 Å². The van der Waals surface area contributed by atoms with Crippen LogP contribution in [-0.2, 0) is 0 Å². The number of nitrogens with one attached hydrogen (secondary N) is 1. The Morgan fingerprint density at radius 3 is 2.72 bits per heavy atom. The van der Waals surface area contributed by atoms with Crippen LogP contribution in [0.2, 0.25) is 0 Å². The van der Waals surface area contributed by atoms with E-state index in [0.717, 1.165) is 26.0 Å². The molecule has 0 unspecified atom stereocenters. The molecule has 0 aliphatic carbocycles. The molecule has 2 rings (SSSR count). The zero-order valence-corrected chi connectivity index (χ0v) is 12.7. The van der Waals surface area contributed by atoms with Crippen molar-refractivity contribution < 1.29 is 0 Å². The predicted octanol–water partition coefficient (Wildman–Crippen LogP) is 4.53. The van der Waals surface area contributed by atoms with Crippen molar-refractivity contribution in [2.24, 2.45) is 0 Å². The molecule has 0 aliphatic heterocycles. The minimum Gasteiger partial charge on any atom is -0.339 e. The summed E-state index contributed by atoms with van der Waals surface area (Å²) in [5, 5.41) is 12.1. The van der Waals surface area contributed by atoms with Gasteiger partial charge in [0.2, 0.25) is 0 Å². The van der Waals surface area contributed by atoms with Crippen molar-refractivity contribution in [3.8, 4) is 6.07 Å². The fourth-order valence-corrected chi connectivity index (χ4v) is 2.55. The van der Waals surface area contributed by atoms with E-state index in [9.17, 15) is 0 Å². The van der Waals surface area contributed by atoms with Gasteiger partial charge in [0.25, 0.3) is 0 Å². The number of nitrogens with zero attached hydrogens (tertiary/aromatic N) is 2. The number of benzene rings is 1. The Bertz CT molecular complexity index is 633. The highest BCUT2D eigenvalue weighted by atomic mass is 79.9. The van der Waals surface area contributed by atoms with E-state index in [1.54, 1.807) is 12.3 Å². The number of nitriles is 1. The maximum atomic E-state index is 8.90. The Morgan fingerprint density at radius 2 is 2.06 bits per heavy atom. The highest BCUT2D eigenvalue weighted by Crippen LogP contribution is 2.28. The lowest BCUT2D eigenvalue weighted by atomic mass is 10.1. The molecule has 18 heavy (non-hydrogen) atoms. The van der Waals surface area contributed by atoms with Crippen molar-refractivity contribution in [1.29, 1.82) is 5.26 Å². The summed E-state index contributed by atoms with van der Waals surface area (Å²) in [6.45, 7) is 1.98. The second kappa shape index (κ2) is 5.51. The van der Waals surface area contributed by atoms with E-state index in [1.165, 1.54) is 0 Å². The van der Waals surface area contributed by atoms with Gasteiger partial charge in [0.1, 0.15) is 5.82 Å². The summed E-state index contributed by atoms with van der Waals surface area (Å²) < 4.78 is 1.76. The van der Waals surface area contributed by atoms with Gasteiger partial charge in [-0.25, -0.2) is 4.98 Å². The molecule has 0 aliphatic rings. The van der Waals surface area contributed by atoms with E-state index < -0.39 is 0 Å². The molecule has 90 valence electrons. The minimum atomic E-state index is 0.622. The molecule has 5 heteroatoms. The van der Waals surface area contributed by atoms with Crippen LogP contribution in [0.25, 0.3) is 0 Å². The van der Waals surface area contributed by atoms with Gasteiger partial charge in [0.15, 0.2) is 0 Å². The first-order chi connectivity index (χ1) is 8.60. The molecule has 3 nitrogen and oxygen atoms in total. The summed E-state index contributed by atoms with van der Waals surface area (Å²) in [5.41, 5.74) is 2.56. The largest absolute Gasteiger partial charge is 0.339 e. The number of aryl methyl sites for hydroxylation is 1. The first kappa shape index (κ1) is 13.1. The number of pyridine rings is 1. The molecule has 1 aromatic carbocycles. The Balaban J connectivity index is 2.37. The van der Waals surface area contributed by atoms with Gasteiger partial charge in [-0.05, 0) is 62.5 Å². The molecule has 1 heterocycles. The third kappa shape index (κ3) is 2.89. The van der Waals surface area contributed by atoms with Crippen LogP contribution in [0.5, 0.6) is 0 Å². The highest BCUT2D eigenvalue weighted by molar-refractivity contribution is 9.11. The maximum absolute atomic E-state index is 8.90. The average molecular weight is 367 g/mol. The first-order valence-electron chi connectivity index (χ1n) is 5.19. The Morgan fingerprint density at radius 1 is 1.28 bits per heavy atom. The lowest BCUT2D eigenvalue weighted by Gasteiger charge is -2.10. The first-order valence-corrected chi connectivity index (χ1v) is 6.77. The fraction of sp³-hybridized carbons (Fsp3) is 0.0769. The monoisotopic (exact) mass is 365 g/mol. The quantitative estimate of drug-likeness (QED) is 0.849. The summed E-state index contributed by atoms with van der Waals surface area (Å²) in [6, 6.07) is 9.56. The molecule has 0 fully saturated rings. The molecule has 0 saturated heterocycles. The number of hydrogen-bond acceptors (Lipinski definition) is 3. The fourth-order valence-electron chi connectivity index (χ4n) is 1.46. The van der Waals surface area contributed by atoms with Crippen LogP contribution >= 0.6 is 31.9 Å². The predicted molar refractivity (Wildman–Crippen MR) is 78.8 cm³/mol. The third-order valence-corrected chi connectivity index (χ3v) is 3.47. The van der Waals surface area contributed by atoms with Gasteiger partial charge in [-0.15, -0.1) is 0 Å². The summed E-state index contributed by atoms with van der Waals surface area (Å²) >= 11 is 6.80. The normalized spacial score (nSPS) is 9.89. The van der Waals surface area contributed by atoms with Crippen LogP contribution in [0.3, 0.4) is 0 Å². The molecular weight excluding hydrogens is 358 g/mol. The van der Waals surface area contributed by atoms with Crippen LogP contribution in [0.15, 0.2) is 39.4 Å². The van der Waals surface area contributed by atoms with Crippen LogP contribution in [0, 0.1) is 18.3 Å². The number of hydrogen-bond donors (Lipinski definition) is 1. The number of anilines is 2. The van der Waals surface area contributed by atoms with E-state index >= 15 is 0 Å². The van der Waals surface area contributed by atoms with E-state index in [-0.39, 0.29) is 0 Å². The molecule has 0 radical (unpaired) electrons. The molecule has 0 bridgehead atoms. The van der Waals surface area contributed by atoms with Crippen LogP contribution in [0.4, 0.5) is 11.5 Å². The SMILES string of the molecule is Cc1ccc(C#N)cc1Nc1ncc(Br)cc1Br. The van der Waals surface area contributed by atoms with Gasteiger partial charge in [0.05, 0.1) is 16.1 Å². The molecule has 0 amide bonds. The molecule has 1 aromatic heterocycles. The lowest BCUT2D eigenvalue weighted by molar-refractivity contribution is 1.26. The molecule has 2 aromatic rings. The van der Waals surface area contributed by atoms with Gasteiger partial charge >= 0.3 is 0 Å². The van der Waals surface area contributed by atoms with Gasteiger partial charge in [-0.1, -0.05) is 6.07 Å². The molecular formula is C13H9Br2N3. The zero-order chi connectivity index (χ0) is 13.1. The van der Waals surface area contributed by atoms with E-state index in [0.29, 0.717) is 5.56 Å². The molecule has 0 saturated carbocycles. The topological polar surface area (TPSA) is 48.7 Å². The standard InChI is InChI=1S/C13H9Br2N3/c1-8-2-3-9(6-16)4-12(8)18-13-11(15)5-10(14)7-17-13/h2-5,7H,1H3,(H,17,18). The minimum absolute atomic E-state index is 0.622. The summed E-state index contributed by atoms with van der Waals surface area (Å²) in [4.78, 5) is 4.28. The van der Waals surface area contributed by atoms with E-state index in [2.05, 4.69) is 48.2 Å². The summed E-state index contributed by atoms with van der Waals surface area (Å²) in [7, 11) is 0. The molecule has 0 atom stereocenters. The summed E-state index contributed by atoms with van der Waals surface area (Å²) in [5.74, 6) is 0.719. The average Bonchev–Trinajstić information content (AvgIpc) is 2.35. The van der Waals surface area contributed by atoms with Crippen molar-refractivity contribution >= 4 is 43.4 Å². The van der Waals surface area contributed by atoms with Crippen molar-refractivity contribution in [2.75, 3.05) is 5.32 Å². The van der Waals surface area contributed by atoms with Crippen molar-refractivity contribution in [3.05, 3.63) is 50.5 Å². The van der Waals surface area contributed by atoms with Crippen molar-refractivity contribution in [2.45, 2.75) is 6.92 Å². The zero-order valence-electron chi connectivity index (χ0n) is 9.54. The van der Waals surface area contributed by atoms with Gasteiger partial charge in [-0.2, -0.15) is 5.26 Å². The second-order valence-electron chi connectivity index (χ2n) is 3.75. The second-order valence-corrected chi connectivity index (χ2v) is 5.52. The highest BCUT2D eigenvalue weighted by Gasteiger charge is 2.05. The van der Waals surface area contributed by atoms with Crippen LogP contribution < -0.4 is 5.32 Å². The lowest BCUT2D eigenvalue weighted by Crippen LogP contribution is -1.97.